The van der Waals surface area contributed by atoms with Crippen LogP contribution in [0.3, 0.4) is 0 Å². The fourth-order valence-electron chi connectivity index (χ4n) is 1.62. The van der Waals surface area contributed by atoms with Crippen molar-refractivity contribution in [3.05, 3.63) is 11.6 Å². The Labute approximate surface area is 88.2 Å². The molecule has 0 atom stereocenters. The molecule has 0 aromatic heterocycles. The Bertz CT molecular complexity index is 259. The molecule has 6 heteroatoms. The van der Waals surface area contributed by atoms with E-state index in [1.165, 1.54) is 6.42 Å². The van der Waals surface area contributed by atoms with Gasteiger partial charge in [-0.15, -0.1) is 0 Å². The van der Waals surface area contributed by atoms with Crippen LogP contribution in [0.5, 0.6) is 0 Å². The summed E-state index contributed by atoms with van der Waals surface area (Å²) in [4.78, 5) is 10.6. The van der Waals surface area contributed by atoms with Gasteiger partial charge in [-0.25, -0.2) is 10.6 Å². The van der Waals surface area contributed by atoms with Crippen LogP contribution in [0.25, 0.3) is 0 Å². The van der Waals surface area contributed by atoms with Gasteiger partial charge in [0.1, 0.15) is 6.10 Å². The lowest BCUT2D eigenvalue weighted by Gasteiger charge is -2.24. The minimum Gasteiger partial charge on any atom is -0.476 e. The zero-order valence-electron chi connectivity index (χ0n) is 8.53. The molecule has 0 amide bonds. The summed E-state index contributed by atoms with van der Waals surface area (Å²) in [7, 11) is 0. The van der Waals surface area contributed by atoms with Crippen LogP contribution in [0, 0.1) is 0 Å². The van der Waals surface area contributed by atoms with E-state index in [9.17, 15) is 4.79 Å². The van der Waals surface area contributed by atoms with Gasteiger partial charge in [-0.1, -0.05) is 6.42 Å². The first kappa shape index (κ1) is 11.6. The SMILES string of the molecule is NN/C(OC1CCCCC1)=C(\N)C(=O)O. The largest absolute Gasteiger partial charge is 0.476 e. The summed E-state index contributed by atoms with van der Waals surface area (Å²) in [5.41, 5.74) is 7.10. The van der Waals surface area contributed by atoms with Crippen LogP contribution in [0.2, 0.25) is 0 Å². The van der Waals surface area contributed by atoms with Gasteiger partial charge in [-0.3, -0.25) is 5.43 Å². The number of hydrogen-bond acceptors (Lipinski definition) is 5. The summed E-state index contributed by atoms with van der Waals surface area (Å²) in [6.07, 6.45) is 5.23. The molecule has 1 saturated carbocycles. The van der Waals surface area contributed by atoms with E-state index in [0.717, 1.165) is 25.7 Å². The highest BCUT2D eigenvalue weighted by molar-refractivity contribution is 5.85. The molecule has 0 aliphatic heterocycles. The Hall–Kier alpha value is -1.43. The van der Waals surface area contributed by atoms with Crippen LogP contribution < -0.4 is 17.0 Å². The number of carbonyl (C=O) groups is 1. The number of rotatable bonds is 4. The van der Waals surface area contributed by atoms with Gasteiger partial charge in [0, 0.05) is 0 Å². The van der Waals surface area contributed by atoms with E-state index in [2.05, 4.69) is 5.43 Å². The van der Waals surface area contributed by atoms with E-state index in [4.69, 9.17) is 21.4 Å². The van der Waals surface area contributed by atoms with Crippen molar-refractivity contribution in [2.45, 2.75) is 38.2 Å². The third-order valence-electron chi connectivity index (χ3n) is 2.44. The molecule has 0 radical (unpaired) electrons. The highest BCUT2D eigenvalue weighted by atomic mass is 16.5. The van der Waals surface area contributed by atoms with Gasteiger partial charge in [-0.2, -0.15) is 0 Å². The summed E-state index contributed by atoms with van der Waals surface area (Å²) in [5.74, 6) is 3.87. The molecule has 1 aliphatic carbocycles. The summed E-state index contributed by atoms with van der Waals surface area (Å²) >= 11 is 0. The van der Waals surface area contributed by atoms with E-state index >= 15 is 0 Å². The predicted octanol–water partition coefficient (Wildman–Crippen LogP) is 0.0114. The Kier molecular flexibility index (Phi) is 4.23. The first-order chi connectivity index (χ1) is 7.15. The number of hydrazine groups is 1. The number of ether oxygens (including phenoxy) is 1. The van der Waals surface area contributed by atoms with Gasteiger partial charge < -0.3 is 15.6 Å². The topological polar surface area (TPSA) is 111 Å². The molecule has 0 unspecified atom stereocenters. The van der Waals surface area contributed by atoms with Crippen LogP contribution >= 0.6 is 0 Å². The molecular weight excluding hydrogens is 198 g/mol. The molecule has 0 aromatic rings. The first-order valence-electron chi connectivity index (χ1n) is 5.01. The van der Waals surface area contributed by atoms with Crippen LogP contribution in [0.1, 0.15) is 32.1 Å². The standard InChI is InChI=1S/C9H17N3O3/c10-7(9(13)14)8(12-11)15-6-4-2-1-3-5-6/h6,12H,1-5,10-11H2,(H,13,14)/b8-7+. The maximum atomic E-state index is 10.6. The molecule has 6 N–H and O–H groups in total. The Morgan fingerprint density at radius 2 is 1.93 bits per heavy atom. The van der Waals surface area contributed by atoms with Gasteiger partial charge in [-0.05, 0) is 25.7 Å². The number of carboxylic acids is 1. The molecule has 0 spiro atoms. The van der Waals surface area contributed by atoms with Crippen molar-refractivity contribution in [2.24, 2.45) is 11.6 Å². The highest BCUT2D eigenvalue weighted by Crippen LogP contribution is 2.22. The summed E-state index contributed by atoms with van der Waals surface area (Å²) in [6.45, 7) is 0. The quantitative estimate of drug-likeness (QED) is 0.227. The van der Waals surface area contributed by atoms with Gasteiger partial charge in [0.25, 0.3) is 0 Å². The number of aliphatic carboxylic acids is 1. The second-order valence-electron chi connectivity index (χ2n) is 3.57. The minimum atomic E-state index is -1.24. The molecule has 0 saturated heterocycles. The number of hydrogen-bond donors (Lipinski definition) is 4. The van der Waals surface area contributed by atoms with Crippen molar-refractivity contribution in [1.82, 2.24) is 5.43 Å². The smallest absolute Gasteiger partial charge is 0.357 e. The summed E-state index contributed by atoms with van der Waals surface area (Å²) < 4.78 is 5.40. The lowest BCUT2D eigenvalue weighted by Crippen LogP contribution is -2.32. The molecule has 1 rings (SSSR count). The van der Waals surface area contributed by atoms with E-state index in [-0.39, 0.29) is 17.7 Å². The van der Waals surface area contributed by atoms with Crippen molar-refractivity contribution in [3.63, 3.8) is 0 Å². The monoisotopic (exact) mass is 215 g/mol. The minimum absolute atomic E-state index is 0.0164. The maximum Gasteiger partial charge on any atom is 0.357 e. The van der Waals surface area contributed by atoms with Crippen LogP contribution in [-0.2, 0) is 9.53 Å². The Balaban J connectivity index is 2.59. The van der Waals surface area contributed by atoms with Crippen molar-refractivity contribution >= 4 is 5.97 Å². The van der Waals surface area contributed by atoms with E-state index in [1.807, 2.05) is 0 Å². The molecule has 0 aromatic carbocycles. The van der Waals surface area contributed by atoms with Crippen molar-refractivity contribution in [1.29, 1.82) is 0 Å². The second kappa shape index (κ2) is 5.45. The Morgan fingerprint density at radius 1 is 1.33 bits per heavy atom. The van der Waals surface area contributed by atoms with Crippen LogP contribution in [0.4, 0.5) is 0 Å². The van der Waals surface area contributed by atoms with Crippen molar-refractivity contribution in [3.8, 4) is 0 Å². The molecular formula is C9H17N3O3. The molecule has 0 heterocycles. The van der Waals surface area contributed by atoms with Crippen molar-refractivity contribution < 1.29 is 14.6 Å². The number of carboxylic acid groups (broad SMARTS) is 1. The number of nitrogens with two attached hydrogens (primary N) is 2. The Morgan fingerprint density at radius 3 is 2.40 bits per heavy atom. The van der Waals surface area contributed by atoms with Crippen LogP contribution in [-0.4, -0.2) is 17.2 Å². The highest BCUT2D eigenvalue weighted by Gasteiger charge is 2.19. The lowest BCUT2D eigenvalue weighted by molar-refractivity contribution is -0.133. The lowest BCUT2D eigenvalue weighted by atomic mass is 9.98. The van der Waals surface area contributed by atoms with E-state index < -0.39 is 5.97 Å². The fourth-order valence-corrected chi connectivity index (χ4v) is 1.62. The number of nitrogens with one attached hydrogen (secondary N) is 1. The predicted molar refractivity (Wildman–Crippen MR) is 54.1 cm³/mol. The summed E-state index contributed by atoms with van der Waals surface area (Å²) in [6, 6.07) is 0. The molecule has 6 nitrogen and oxygen atoms in total. The normalized spacial score (nSPS) is 19.3. The third kappa shape index (κ3) is 3.32. The average molecular weight is 215 g/mol. The first-order valence-corrected chi connectivity index (χ1v) is 5.01. The van der Waals surface area contributed by atoms with Gasteiger partial charge in [0.2, 0.25) is 5.88 Å². The maximum absolute atomic E-state index is 10.6. The van der Waals surface area contributed by atoms with E-state index in [0.29, 0.717) is 0 Å². The zero-order chi connectivity index (χ0) is 11.3. The van der Waals surface area contributed by atoms with E-state index in [1.54, 1.807) is 0 Å². The van der Waals surface area contributed by atoms with Crippen LogP contribution in [0.15, 0.2) is 11.6 Å². The molecule has 1 aliphatic rings. The van der Waals surface area contributed by atoms with Gasteiger partial charge in [0.15, 0.2) is 5.70 Å². The zero-order valence-corrected chi connectivity index (χ0v) is 8.53. The average Bonchev–Trinajstić information content (AvgIpc) is 2.26. The fraction of sp³-hybridized carbons (Fsp3) is 0.667. The summed E-state index contributed by atoms with van der Waals surface area (Å²) in [5, 5.41) is 8.65. The third-order valence-corrected chi connectivity index (χ3v) is 2.44. The second-order valence-corrected chi connectivity index (χ2v) is 3.57. The molecule has 1 fully saturated rings. The molecule has 0 bridgehead atoms. The molecule has 15 heavy (non-hydrogen) atoms. The molecule has 86 valence electrons. The van der Waals surface area contributed by atoms with Gasteiger partial charge in [0.05, 0.1) is 0 Å². The van der Waals surface area contributed by atoms with Crippen molar-refractivity contribution in [2.75, 3.05) is 0 Å². The van der Waals surface area contributed by atoms with Gasteiger partial charge >= 0.3 is 5.97 Å².